The monoisotopic (exact) mass is 210 g/mol. The number of halogens is 1. The van der Waals surface area contributed by atoms with E-state index in [4.69, 9.17) is 9.47 Å². The maximum atomic E-state index is 12.6. The number of hydrogen-bond donors (Lipinski definition) is 0. The van der Waals surface area contributed by atoms with Gasteiger partial charge in [0, 0.05) is 13.3 Å². The van der Waals surface area contributed by atoms with E-state index in [2.05, 4.69) is 0 Å². The third kappa shape index (κ3) is 2.26. The second-order valence-electron chi connectivity index (χ2n) is 3.66. The van der Waals surface area contributed by atoms with Crippen LogP contribution in [0.3, 0.4) is 0 Å². The summed E-state index contributed by atoms with van der Waals surface area (Å²) in [4.78, 5) is 10.9. The van der Waals surface area contributed by atoms with Crippen LogP contribution in [0.25, 0.3) is 0 Å². The fraction of sp³-hybridized carbons (Fsp3) is 0.364. The molecule has 1 heterocycles. The Morgan fingerprint density at radius 1 is 1.40 bits per heavy atom. The van der Waals surface area contributed by atoms with Crippen LogP contribution in [-0.2, 0) is 9.53 Å². The van der Waals surface area contributed by atoms with E-state index in [0.29, 0.717) is 18.6 Å². The lowest BCUT2D eigenvalue weighted by Crippen LogP contribution is -2.31. The molecule has 1 aliphatic rings. The van der Waals surface area contributed by atoms with Gasteiger partial charge in [-0.3, -0.25) is 4.79 Å². The summed E-state index contributed by atoms with van der Waals surface area (Å²) in [6.45, 7) is 1.70. The Labute approximate surface area is 86.8 Å². The minimum absolute atomic E-state index is 0.264. The van der Waals surface area contributed by atoms with E-state index in [1.165, 1.54) is 24.3 Å². The third-order valence-electron chi connectivity index (χ3n) is 2.26. The standard InChI is InChI=1S/C11H11FO3/c1-11(7-6-10(13)15-11)14-9-4-2-8(12)3-5-9/h2-5H,6-7H2,1H3. The number of cyclic esters (lactones) is 1. The van der Waals surface area contributed by atoms with Crippen LogP contribution >= 0.6 is 0 Å². The van der Waals surface area contributed by atoms with E-state index >= 15 is 0 Å². The molecule has 4 heteroatoms. The molecule has 0 amide bonds. The largest absolute Gasteiger partial charge is 0.453 e. The molecule has 80 valence electrons. The van der Waals surface area contributed by atoms with Crippen LogP contribution < -0.4 is 4.74 Å². The van der Waals surface area contributed by atoms with Gasteiger partial charge in [-0.25, -0.2) is 4.39 Å². The van der Waals surface area contributed by atoms with Crippen molar-refractivity contribution in [3.05, 3.63) is 30.1 Å². The molecule has 0 N–H and O–H groups in total. The smallest absolute Gasteiger partial charge is 0.309 e. The first-order valence-electron chi connectivity index (χ1n) is 4.74. The summed E-state index contributed by atoms with van der Waals surface area (Å²) in [7, 11) is 0. The highest BCUT2D eigenvalue weighted by molar-refractivity contribution is 5.71. The van der Waals surface area contributed by atoms with Crippen molar-refractivity contribution in [1.29, 1.82) is 0 Å². The maximum absolute atomic E-state index is 12.6. The third-order valence-corrected chi connectivity index (χ3v) is 2.26. The molecule has 0 aliphatic carbocycles. The molecule has 15 heavy (non-hydrogen) atoms. The first-order chi connectivity index (χ1) is 7.07. The van der Waals surface area contributed by atoms with Crippen LogP contribution in [0.15, 0.2) is 24.3 Å². The SMILES string of the molecule is CC1(Oc2ccc(F)cc2)CCC(=O)O1. The molecule has 1 aromatic rings. The van der Waals surface area contributed by atoms with E-state index in [1.807, 2.05) is 0 Å². The zero-order chi connectivity index (χ0) is 10.9. The molecule has 2 rings (SSSR count). The van der Waals surface area contributed by atoms with Crippen molar-refractivity contribution in [2.75, 3.05) is 0 Å². The van der Waals surface area contributed by atoms with Gasteiger partial charge in [-0.2, -0.15) is 0 Å². The molecule has 3 nitrogen and oxygen atoms in total. The number of carbonyl (C=O) groups is 1. The fourth-order valence-electron chi connectivity index (χ4n) is 1.50. The molecule has 0 saturated carbocycles. The Morgan fingerprint density at radius 2 is 2.07 bits per heavy atom. The molecular formula is C11H11FO3. The quantitative estimate of drug-likeness (QED) is 0.702. The molecule has 0 radical (unpaired) electrons. The van der Waals surface area contributed by atoms with Gasteiger partial charge in [-0.15, -0.1) is 0 Å². The Hall–Kier alpha value is -1.58. The molecule has 1 aliphatic heterocycles. The molecular weight excluding hydrogens is 199 g/mol. The molecule has 0 spiro atoms. The topological polar surface area (TPSA) is 35.5 Å². The summed E-state index contributed by atoms with van der Waals surface area (Å²) in [5.74, 6) is -1.00. The zero-order valence-electron chi connectivity index (χ0n) is 8.33. The van der Waals surface area contributed by atoms with Crippen LogP contribution in [-0.4, -0.2) is 11.8 Å². The molecule has 0 bridgehead atoms. The van der Waals surface area contributed by atoms with Crippen LogP contribution in [0.1, 0.15) is 19.8 Å². The van der Waals surface area contributed by atoms with Crippen LogP contribution in [0, 0.1) is 5.82 Å². The number of rotatable bonds is 2. The van der Waals surface area contributed by atoms with Gasteiger partial charge in [-0.1, -0.05) is 0 Å². The van der Waals surface area contributed by atoms with E-state index in [9.17, 15) is 9.18 Å². The zero-order valence-corrected chi connectivity index (χ0v) is 8.33. The number of esters is 1. The number of hydrogen-bond acceptors (Lipinski definition) is 3. The highest BCUT2D eigenvalue weighted by Crippen LogP contribution is 2.29. The second-order valence-corrected chi connectivity index (χ2v) is 3.66. The lowest BCUT2D eigenvalue weighted by Gasteiger charge is -2.23. The lowest BCUT2D eigenvalue weighted by molar-refractivity contribution is -0.172. The van der Waals surface area contributed by atoms with E-state index < -0.39 is 5.79 Å². The lowest BCUT2D eigenvalue weighted by atomic mass is 10.2. The summed E-state index contributed by atoms with van der Waals surface area (Å²) in [6.07, 6.45) is 0.876. The maximum Gasteiger partial charge on any atom is 0.309 e. The summed E-state index contributed by atoms with van der Waals surface area (Å²) >= 11 is 0. The molecule has 1 fully saturated rings. The molecule has 1 atom stereocenters. The number of ether oxygens (including phenoxy) is 2. The van der Waals surface area contributed by atoms with Crippen molar-refractivity contribution in [2.24, 2.45) is 0 Å². The predicted molar refractivity (Wildman–Crippen MR) is 50.8 cm³/mol. The Bertz CT molecular complexity index is 374. The molecule has 1 unspecified atom stereocenters. The first-order valence-corrected chi connectivity index (χ1v) is 4.74. The van der Waals surface area contributed by atoms with Crippen molar-refractivity contribution in [3.8, 4) is 5.75 Å². The molecule has 1 aromatic carbocycles. The minimum Gasteiger partial charge on any atom is -0.453 e. The summed E-state index contributed by atoms with van der Waals surface area (Å²) < 4.78 is 23.1. The van der Waals surface area contributed by atoms with Crippen molar-refractivity contribution in [2.45, 2.75) is 25.6 Å². The summed E-state index contributed by atoms with van der Waals surface area (Å²) in [5.41, 5.74) is 0. The Balaban J connectivity index is 2.08. The summed E-state index contributed by atoms with van der Waals surface area (Å²) in [5, 5.41) is 0. The van der Waals surface area contributed by atoms with Crippen molar-refractivity contribution in [1.82, 2.24) is 0 Å². The van der Waals surface area contributed by atoms with Gasteiger partial charge in [0.15, 0.2) is 0 Å². The average molecular weight is 210 g/mol. The van der Waals surface area contributed by atoms with Gasteiger partial charge < -0.3 is 9.47 Å². The van der Waals surface area contributed by atoms with Crippen molar-refractivity contribution >= 4 is 5.97 Å². The Kier molecular flexibility index (Phi) is 2.34. The summed E-state index contributed by atoms with van der Waals surface area (Å²) in [6, 6.07) is 5.62. The fourth-order valence-corrected chi connectivity index (χ4v) is 1.50. The molecule has 0 aromatic heterocycles. The van der Waals surface area contributed by atoms with Crippen molar-refractivity contribution < 1.29 is 18.7 Å². The van der Waals surface area contributed by atoms with Gasteiger partial charge in [0.05, 0.1) is 6.42 Å². The highest BCUT2D eigenvalue weighted by atomic mass is 19.1. The normalized spacial score (nSPS) is 25.1. The van der Waals surface area contributed by atoms with Crippen molar-refractivity contribution in [3.63, 3.8) is 0 Å². The van der Waals surface area contributed by atoms with Gasteiger partial charge in [0.25, 0.3) is 5.79 Å². The molecule has 1 saturated heterocycles. The van der Waals surface area contributed by atoms with E-state index in [-0.39, 0.29) is 11.8 Å². The first kappa shape index (κ1) is 9.96. The van der Waals surface area contributed by atoms with Crippen LogP contribution in [0.2, 0.25) is 0 Å². The van der Waals surface area contributed by atoms with Crippen LogP contribution in [0.5, 0.6) is 5.75 Å². The van der Waals surface area contributed by atoms with Crippen LogP contribution in [0.4, 0.5) is 4.39 Å². The number of carbonyl (C=O) groups excluding carboxylic acids is 1. The van der Waals surface area contributed by atoms with E-state index in [0.717, 1.165) is 0 Å². The van der Waals surface area contributed by atoms with Gasteiger partial charge >= 0.3 is 5.97 Å². The van der Waals surface area contributed by atoms with E-state index in [1.54, 1.807) is 6.92 Å². The van der Waals surface area contributed by atoms with Gasteiger partial charge in [-0.05, 0) is 24.3 Å². The highest BCUT2D eigenvalue weighted by Gasteiger charge is 2.37. The average Bonchev–Trinajstić information content (AvgIpc) is 2.50. The minimum atomic E-state index is -0.908. The van der Waals surface area contributed by atoms with Gasteiger partial charge in [0.1, 0.15) is 11.6 Å². The Morgan fingerprint density at radius 3 is 2.60 bits per heavy atom. The number of benzene rings is 1. The predicted octanol–water partition coefficient (Wildman–Crippen LogP) is 2.26. The van der Waals surface area contributed by atoms with Gasteiger partial charge in [0.2, 0.25) is 0 Å². The second kappa shape index (κ2) is 3.53.